The lowest BCUT2D eigenvalue weighted by molar-refractivity contribution is -0.284. The van der Waals surface area contributed by atoms with Crippen molar-refractivity contribution in [2.24, 2.45) is 10.8 Å². The first-order valence-corrected chi connectivity index (χ1v) is 22.3. The van der Waals surface area contributed by atoms with Gasteiger partial charge in [0.2, 0.25) is 0 Å². The lowest BCUT2D eigenvalue weighted by Crippen LogP contribution is -2.47. The zero-order valence-corrected chi connectivity index (χ0v) is 40.7. The van der Waals surface area contributed by atoms with Crippen LogP contribution in [0.25, 0.3) is 22.1 Å². The van der Waals surface area contributed by atoms with Gasteiger partial charge in [0.15, 0.2) is 17.4 Å². The molecule has 69 heavy (non-hydrogen) atoms. The van der Waals surface area contributed by atoms with Gasteiger partial charge in [-0.2, -0.15) is 26.3 Å². The Labute approximate surface area is 397 Å². The molecule has 376 valence electrons. The van der Waals surface area contributed by atoms with Gasteiger partial charge in [0.1, 0.15) is 47.0 Å². The number of aliphatic hydroxyl groups excluding tert-OH is 2. The molecule has 0 amide bonds. The van der Waals surface area contributed by atoms with Gasteiger partial charge in [0, 0.05) is 48.4 Å². The van der Waals surface area contributed by atoms with Crippen molar-refractivity contribution < 1.29 is 55.5 Å². The molecule has 4 N–H and O–H groups in total. The Hall–Kier alpha value is -5.70. The van der Waals surface area contributed by atoms with Crippen LogP contribution in [0.3, 0.4) is 0 Å². The highest BCUT2D eigenvalue weighted by Crippen LogP contribution is 2.38. The van der Waals surface area contributed by atoms with Crippen molar-refractivity contribution >= 4 is 33.7 Å². The summed E-state index contributed by atoms with van der Waals surface area (Å²) in [7, 11) is 3.23. The second kappa shape index (κ2) is 20.3. The lowest BCUT2D eigenvalue weighted by Gasteiger charge is -2.41. The number of hydrogen-bond acceptors (Lipinski definition) is 12. The summed E-state index contributed by atoms with van der Waals surface area (Å²) < 4.78 is 106. The average molecular weight is 973 g/mol. The number of alkyl halides is 6. The summed E-state index contributed by atoms with van der Waals surface area (Å²) in [4.78, 5) is 19.9. The van der Waals surface area contributed by atoms with E-state index in [1.54, 1.807) is 39.6 Å². The summed E-state index contributed by atoms with van der Waals surface area (Å²) in [6, 6.07) is 15.4. The summed E-state index contributed by atoms with van der Waals surface area (Å²) in [6.45, 7) is 15.4. The van der Waals surface area contributed by atoms with Crippen molar-refractivity contribution in [3.8, 4) is 11.5 Å². The molecule has 0 unspecified atom stereocenters. The molecule has 7 rings (SSSR count). The maximum absolute atomic E-state index is 14.0. The Morgan fingerprint density at radius 2 is 1.12 bits per heavy atom. The fraction of sp³-hybridized carbons (Fsp3) is 0.510. The Balaban J connectivity index is 0.000000275. The predicted molar refractivity (Wildman–Crippen MR) is 250 cm³/mol. The molecular formula is C49H62F6N8O6. The van der Waals surface area contributed by atoms with Gasteiger partial charge in [0.25, 0.3) is 0 Å². The number of benzene rings is 2. The van der Waals surface area contributed by atoms with E-state index < -0.39 is 41.8 Å². The summed E-state index contributed by atoms with van der Waals surface area (Å²) >= 11 is 0. The topological polar surface area (TPSA) is 168 Å². The number of aliphatic hydroxyl groups is 2. The monoisotopic (exact) mass is 972 g/mol. The third-order valence-corrected chi connectivity index (χ3v) is 12.4. The Morgan fingerprint density at radius 3 is 1.57 bits per heavy atom. The third kappa shape index (κ3) is 12.6. The zero-order valence-electron chi connectivity index (χ0n) is 40.7. The van der Waals surface area contributed by atoms with Crippen LogP contribution in [0.1, 0.15) is 73.0 Å². The zero-order chi connectivity index (χ0) is 50.9. The van der Waals surface area contributed by atoms with E-state index in [0.29, 0.717) is 65.6 Å². The number of hydrogen-bond donors (Lipinski definition) is 3. The van der Waals surface area contributed by atoms with Gasteiger partial charge in [-0.25, -0.2) is 19.9 Å². The van der Waals surface area contributed by atoms with Gasteiger partial charge in [-0.3, -0.25) is 0 Å². The second-order valence-electron chi connectivity index (χ2n) is 19.0. The number of nitrogen functional groups attached to an aromatic ring is 1. The standard InChI is InChI=1S/C34H41F3N4O4.C15H21F3N4O2/c1-22-23(2)38-31(40(17-24-8-12-26(42-6)13-9-24)18-25-10-14-27(43-7)15-11-25)29-30(22)41(28(39-29)16-34(35,36)37)19-33(5)20-44-32(3,4)45-21-33;1-8-9(2)20-13(19)11-12(8)22(5-14(3,6-23)7-24)10(21-11)4-15(16,17)18/h8-15H,16-21H2,1-7H3;23-24H,4-7H2,1-3H3,(H2,19,20). The number of nitrogens with zero attached hydrogens (tertiary/aromatic N) is 7. The average Bonchev–Trinajstić information content (AvgIpc) is 3.81. The number of ether oxygens (including phenoxy) is 4. The molecule has 0 atom stereocenters. The fourth-order valence-electron chi connectivity index (χ4n) is 8.13. The number of fused-ring (bicyclic) bond motifs is 2. The third-order valence-electron chi connectivity index (χ3n) is 12.4. The molecule has 5 heterocycles. The SMILES string of the molecule is COc1ccc(CN(Cc2ccc(OC)cc2)c2nc(C)c(C)c3c2nc(CC(F)(F)F)n3CC2(C)COC(C)(C)OC2)cc1.Cc1nc(N)c2nc(CC(F)(F)F)n(CC(C)(CO)CO)c2c1C. The molecule has 1 aliphatic heterocycles. The Kier molecular flexibility index (Phi) is 15.5. The van der Waals surface area contributed by atoms with Crippen LogP contribution in [-0.2, 0) is 48.5 Å². The van der Waals surface area contributed by atoms with Crippen LogP contribution in [0, 0.1) is 38.5 Å². The van der Waals surface area contributed by atoms with Gasteiger partial charge in [-0.15, -0.1) is 0 Å². The number of anilines is 2. The van der Waals surface area contributed by atoms with E-state index in [2.05, 4.69) is 14.9 Å². The predicted octanol–water partition coefficient (Wildman–Crippen LogP) is 8.89. The van der Waals surface area contributed by atoms with Crippen LogP contribution in [0.15, 0.2) is 48.5 Å². The molecule has 4 aromatic heterocycles. The quantitative estimate of drug-likeness (QED) is 0.0838. The van der Waals surface area contributed by atoms with Crippen LogP contribution in [0.5, 0.6) is 11.5 Å². The number of methoxy groups -OCH3 is 2. The highest BCUT2D eigenvalue weighted by Gasteiger charge is 2.40. The number of halogens is 6. The molecule has 1 aliphatic rings. The molecule has 1 fully saturated rings. The van der Waals surface area contributed by atoms with E-state index in [1.165, 1.54) is 4.57 Å². The van der Waals surface area contributed by atoms with E-state index in [0.717, 1.165) is 28.2 Å². The maximum Gasteiger partial charge on any atom is 0.396 e. The van der Waals surface area contributed by atoms with E-state index in [1.807, 2.05) is 83.1 Å². The van der Waals surface area contributed by atoms with Crippen molar-refractivity contribution in [3.63, 3.8) is 0 Å². The van der Waals surface area contributed by atoms with Crippen molar-refractivity contribution in [3.05, 3.63) is 93.8 Å². The minimum absolute atomic E-state index is 0.0222. The van der Waals surface area contributed by atoms with Crippen molar-refractivity contribution in [1.82, 2.24) is 29.1 Å². The van der Waals surface area contributed by atoms with Gasteiger partial charge < -0.3 is 48.9 Å². The van der Waals surface area contributed by atoms with E-state index in [-0.39, 0.29) is 49.3 Å². The molecule has 0 radical (unpaired) electrons. The van der Waals surface area contributed by atoms with E-state index in [9.17, 15) is 36.6 Å². The van der Waals surface area contributed by atoms with E-state index in [4.69, 9.17) is 34.6 Å². The summed E-state index contributed by atoms with van der Waals surface area (Å²) in [5.41, 5.74) is 10.7. The smallest absolute Gasteiger partial charge is 0.396 e. The molecule has 0 bridgehead atoms. The summed E-state index contributed by atoms with van der Waals surface area (Å²) in [6.07, 6.45) is -11.3. The fourth-order valence-corrected chi connectivity index (χ4v) is 8.13. The van der Waals surface area contributed by atoms with Crippen molar-refractivity contribution in [2.45, 2.75) is 113 Å². The van der Waals surface area contributed by atoms with Crippen LogP contribution in [0.4, 0.5) is 38.0 Å². The summed E-state index contributed by atoms with van der Waals surface area (Å²) in [5.74, 6) is 1.01. The minimum atomic E-state index is -4.45. The number of pyridine rings is 2. The van der Waals surface area contributed by atoms with Crippen LogP contribution < -0.4 is 20.1 Å². The van der Waals surface area contributed by atoms with Gasteiger partial charge >= 0.3 is 12.4 Å². The molecule has 20 heteroatoms. The molecular weight excluding hydrogens is 911 g/mol. The lowest BCUT2D eigenvalue weighted by atomic mass is 9.91. The highest BCUT2D eigenvalue weighted by molar-refractivity contribution is 5.90. The summed E-state index contributed by atoms with van der Waals surface area (Å²) in [5, 5.41) is 19.0. The second-order valence-corrected chi connectivity index (χ2v) is 19.0. The van der Waals surface area contributed by atoms with Crippen LogP contribution >= 0.6 is 0 Å². The molecule has 0 aliphatic carbocycles. The van der Waals surface area contributed by atoms with Gasteiger partial charge in [-0.05, 0) is 88.1 Å². The number of aromatic nitrogens is 6. The molecule has 0 spiro atoms. The number of aryl methyl sites for hydroxylation is 4. The first-order chi connectivity index (χ1) is 32.2. The Morgan fingerprint density at radius 1 is 0.681 bits per heavy atom. The minimum Gasteiger partial charge on any atom is -0.497 e. The van der Waals surface area contributed by atoms with E-state index >= 15 is 0 Å². The first-order valence-electron chi connectivity index (χ1n) is 22.3. The molecule has 14 nitrogen and oxygen atoms in total. The van der Waals surface area contributed by atoms with Crippen LogP contribution in [-0.4, -0.2) is 98.1 Å². The molecule has 2 aromatic carbocycles. The number of rotatable bonds is 15. The Bertz CT molecular complexity index is 2670. The van der Waals surface area contributed by atoms with Gasteiger partial charge in [0.05, 0.1) is 51.7 Å². The van der Waals surface area contributed by atoms with Crippen molar-refractivity contribution in [2.75, 3.05) is 51.3 Å². The normalized spacial score (nSPS) is 15.0. The molecule has 0 saturated carbocycles. The molecule has 1 saturated heterocycles. The highest BCUT2D eigenvalue weighted by atomic mass is 19.4. The largest absolute Gasteiger partial charge is 0.497 e. The first kappa shape index (κ1) is 52.7. The molecule has 6 aromatic rings. The number of nitrogens with two attached hydrogens (primary N) is 1. The maximum atomic E-state index is 14.0. The van der Waals surface area contributed by atoms with Crippen molar-refractivity contribution in [1.29, 1.82) is 0 Å². The number of imidazole rings is 2. The van der Waals surface area contributed by atoms with Gasteiger partial charge in [-0.1, -0.05) is 38.1 Å². The van der Waals surface area contributed by atoms with Crippen LogP contribution in [0.2, 0.25) is 0 Å².